The quantitative estimate of drug-likeness (QED) is 0.355. The summed E-state index contributed by atoms with van der Waals surface area (Å²) in [5.41, 5.74) is 8.82. The van der Waals surface area contributed by atoms with Crippen LogP contribution in [0.1, 0.15) is 31.7 Å². The zero-order chi connectivity index (χ0) is 23.4. The highest BCUT2D eigenvalue weighted by atomic mass is 32.2. The molecule has 7 nitrogen and oxygen atoms in total. The van der Waals surface area contributed by atoms with Crippen LogP contribution in [0.15, 0.2) is 64.9 Å². The van der Waals surface area contributed by atoms with Crippen LogP contribution in [-0.4, -0.2) is 33.7 Å². The van der Waals surface area contributed by atoms with E-state index in [2.05, 4.69) is 52.6 Å². The maximum Gasteiger partial charge on any atom is 0.175 e. The normalized spacial score (nSPS) is 13.1. The van der Waals surface area contributed by atoms with E-state index >= 15 is 0 Å². The lowest BCUT2D eigenvalue weighted by Gasteiger charge is -2.25. The van der Waals surface area contributed by atoms with Crippen LogP contribution in [0.2, 0.25) is 0 Å². The number of nitrogens with two attached hydrogens (primary N) is 1. The number of aromatic nitrogens is 4. The van der Waals surface area contributed by atoms with E-state index in [1.165, 1.54) is 23.7 Å². The summed E-state index contributed by atoms with van der Waals surface area (Å²) in [6, 6.07) is 16.3. The Labute approximate surface area is 198 Å². The molecular formula is C25H29N5O2S. The first-order chi connectivity index (χ1) is 16.0. The lowest BCUT2D eigenvalue weighted by atomic mass is 9.85. The molecule has 0 aliphatic heterocycles. The molecule has 0 amide bonds. The Morgan fingerprint density at radius 2 is 1.85 bits per heavy atom. The standard InChI is InChI=1S/C25H29N5O2S/c1-5-16(2)19(17-9-7-6-8-10-17)14-30-24-22(23(26)27-15-28-24)29-25(30)33-21-13-18(31-3)11-12-20(21)32-4/h6-13,15-16,19H,5,14H2,1-4H3,(H2,26,27,28). The molecule has 2 atom stereocenters. The maximum atomic E-state index is 6.18. The van der Waals surface area contributed by atoms with E-state index in [1.54, 1.807) is 14.2 Å². The number of hydrogen-bond donors (Lipinski definition) is 1. The van der Waals surface area contributed by atoms with E-state index in [1.807, 2.05) is 24.3 Å². The molecule has 4 rings (SSSR count). The van der Waals surface area contributed by atoms with Gasteiger partial charge < -0.3 is 19.8 Å². The molecule has 2 aromatic carbocycles. The third-order valence-electron chi connectivity index (χ3n) is 6.04. The molecule has 0 fully saturated rings. The number of rotatable bonds is 9. The number of nitrogen functional groups attached to an aromatic ring is 1. The molecule has 2 heterocycles. The lowest BCUT2D eigenvalue weighted by Crippen LogP contribution is -2.17. The van der Waals surface area contributed by atoms with Gasteiger partial charge in [-0.05, 0) is 41.4 Å². The highest BCUT2D eigenvalue weighted by Gasteiger charge is 2.24. The molecule has 8 heteroatoms. The van der Waals surface area contributed by atoms with Crippen molar-refractivity contribution in [1.29, 1.82) is 0 Å². The summed E-state index contributed by atoms with van der Waals surface area (Å²) in [5.74, 6) is 2.63. The van der Waals surface area contributed by atoms with Crippen LogP contribution in [0.3, 0.4) is 0 Å². The van der Waals surface area contributed by atoms with E-state index in [4.69, 9.17) is 20.2 Å². The van der Waals surface area contributed by atoms with Crippen molar-refractivity contribution >= 4 is 28.7 Å². The van der Waals surface area contributed by atoms with Gasteiger partial charge in [-0.3, -0.25) is 0 Å². The van der Waals surface area contributed by atoms with Crippen molar-refractivity contribution in [3.63, 3.8) is 0 Å². The number of methoxy groups -OCH3 is 2. The second-order valence-corrected chi connectivity index (χ2v) is 8.97. The summed E-state index contributed by atoms with van der Waals surface area (Å²) in [6.45, 7) is 5.24. The van der Waals surface area contributed by atoms with Crippen LogP contribution >= 0.6 is 11.8 Å². The first-order valence-electron chi connectivity index (χ1n) is 11.0. The Kier molecular flexibility index (Phi) is 7.03. The van der Waals surface area contributed by atoms with Crippen molar-refractivity contribution in [1.82, 2.24) is 19.5 Å². The highest BCUT2D eigenvalue weighted by molar-refractivity contribution is 7.99. The number of nitrogens with zero attached hydrogens (tertiary/aromatic N) is 4. The second-order valence-electron chi connectivity index (χ2n) is 7.96. The molecule has 2 aromatic heterocycles. The van der Waals surface area contributed by atoms with Gasteiger partial charge in [0.25, 0.3) is 0 Å². The Balaban J connectivity index is 1.82. The fourth-order valence-electron chi connectivity index (χ4n) is 3.93. The third kappa shape index (κ3) is 4.75. The van der Waals surface area contributed by atoms with Gasteiger partial charge in [0.15, 0.2) is 22.1 Å². The van der Waals surface area contributed by atoms with Gasteiger partial charge in [0.05, 0.1) is 19.1 Å². The molecule has 0 aliphatic carbocycles. The average molecular weight is 464 g/mol. The van der Waals surface area contributed by atoms with Crippen LogP contribution in [0, 0.1) is 5.92 Å². The molecule has 0 radical (unpaired) electrons. The number of ether oxygens (including phenoxy) is 2. The van der Waals surface area contributed by atoms with Crippen LogP contribution in [0.4, 0.5) is 5.82 Å². The minimum absolute atomic E-state index is 0.288. The molecule has 0 spiro atoms. The molecule has 0 saturated carbocycles. The summed E-state index contributed by atoms with van der Waals surface area (Å²) in [7, 11) is 3.31. The maximum absolute atomic E-state index is 6.18. The van der Waals surface area contributed by atoms with E-state index in [0.29, 0.717) is 17.3 Å². The van der Waals surface area contributed by atoms with Crippen molar-refractivity contribution in [2.24, 2.45) is 5.92 Å². The van der Waals surface area contributed by atoms with Crippen molar-refractivity contribution in [2.75, 3.05) is 20.0 Å². The largest absolute Gasteiger partial charge is 0.497 e. The van der Waals surface area contributed by atoms with Crippen molar-refractivity contribution in [2.45, 2.75) is 42.8 Å². The lowest BCUT2D eigenvalue weighted by molar-refractivity contribution is 0.389. The van der Waals surface area contributed by atoms with Gasteiger partial charge in [0, 0.05) is 12.5 Å². The Hall–Kier alpha value is -3.26. The van der Waals surface area contributed by atoms with E-state index in [0.717, 1.165) is 40.2 Å². The van der Waals surface area contributed by atoms with Gasteiger partial charge in [-0.1, -0.05) is 50.6 Å². The summed E-state index contributed by atoms with van der Waals surface area (Å²) in [4.78, 5) is 14.5. The minimum atomic E-state index is 0.288. The first-order valence-corrected chi connectivity index (χ1v) is 11.8. The fourth-order valence-corrected chi connectivity index (χ4v) is 4.97. The van der Waals surface area contributed by atoms with Crippen LogP contribution < -0.4 is 15.2 Å². The summed E-state index contributed by atoms with van der Waals surface area (Å²) < 4.78 is 13.2. The Bertz CT molecular complexity index is 1230. The first kappa shape index (κ1) is 22.9. The van der Waals surface area contributed by atoms with Gasteiger partial charge >= 0.3 is 0 Å². The topological polar surface area (TPSA) is 88.1 Å². The monoisotopic (exact) mass is 463 g/mol. The van der Waals surface area contributed by atoms with Crippen molar-refractivity contribution in [3.8, 4) is 11.5 Å². The highest BCUT2D eigenvalue weighted by Crippen LogP contribution is 2.40. The number of fused-ring (bicyclic) bond motifs is 1. The molecule has 2 unspecified atom stereocenters. The number of hydrogen-bond acceptors (Lipinski definition) is 7. The van der Waals surface area contributed by atoms with Crippen LogP contribution in [0.25, 0.3) is 11.2 Å². The average Bonchev–Trinajstić information content (AvgIpc) is 3.20. The van der Waals surface area contributed by atoms with E-state index in [-0.39, 0.29) is 5.92 Å². The molecule has 4 aromatic rings. The van der Waals surface area contributed by atoms with Crippen molar-refractivity contribution < 1.29 is 9.47 Å². The van der Waals surface area contributed by atoms with E-state index in [9.17, 15) is 0 Å². The van der Waals surface area contributed by atoms with Gasteiger partial charge in [0.2, 0.25) is 0 Å². The fraction of sp³-hybridized carbons (Fsp3) is 0.320. The van der Waals surface area contributed by atoms with Gasteiger partial charge in [0.1, 0.15) is 17.8 Å². The molecule has 33 heavy (non-hydrogen) atoms. The van der Waals surface area contributed by atoms with Gasteiger partial charge in [-0.2, -0.15) is 0 Å². The molecule has 0 aliphatic rings. The third-order valence-corrected chi connectivity index (χ3v) is 7.07. The molecule has 2 N–H and O–H groups in total. The minimum Gasteiger partial charge on any atom is -0.497 e. The Morgan fingerprint density at radius 3 is 2.55 bits per heavy atom. The molecular weight excluding hydrogens is 434 g/mol. The van der Waals surface area contributed by atoms with E-state index < -0.39 is 0 Å². The number of benzene rings is 2. The Morgan fingerprint density at radius 1 is 1.06 bits per heavy atom. The number of anilines is 1. The van der Waals surface area contributed by atoms with Crippen LogP contribution in [0.5, 0.6) is 11.5 Å². The smallest absolute Gasteiger partial charge is 0.175 e. The summed E-state index contributed by atoms with van der Waals surface area (Å²) in [6.07, 6.45) is 2.56. The molecule has 172 valence electrons. The van der Waals surface area contributed by atoms with Gasteiger partial charge in [-0.25, -0.2) is 15.0 Å². The predicted octanol–water partition coefficient (Wildman–Crippen LogP) is 5.41. The SMILES string of the molecule is CCC(C)C(Cn1c(Sc2cc(OC)ccc2OC)nc2c(N)ncnc21)c1ccccc1. The van der Waals surface area contributed by atoms with Crippen LogP contribution in [-0.2, 0) is 6.54 Å². The van der Waals surface area contributed by atoms with Gasteiger partial charge in [-0.15, -0.1) is 0 Å². The summed E-state index contributed by atoms with van der Waals surface area (Å²) >= 11 is 1.51. The predicted molar refractivity (Wildman–Crippen MR) is 132 cm³/mol. The summed E-state index contributed by atoms with van der Waals surface area (Å²) in [5, 5.41) is 0.785. The number of imidazole rings is 1. The zero-order valence-corrected chi connectivity index (χ0v) is 20.2. The molecule has 0 saturated heterocycles. The second kappa shape index (κ2) is 10.1. The molecule has 0 bridgehead atoms. The zero-order valence-electron chi connectivity index (χ0n) is 19.4. The van der Waals surface area contributed by atoms with Crippen molar-refractivity contribution in [3.05, 3.63) is 60.4 Å².